The molecular weight excluding hydrogens is 332 g/mol. The van der Waals surface area contributed by atoms with Crippen molar-refractivity contribution in [2.45, 2.75) is 44.2 Å². The fourth-order valence-corrected chi connectivity index (χ4v) is 3.33. The predicted octanol–water partition coefficient (Wildman–Crippen LogP) is 2.36. The fourth-order valence-electron chi connectivity index (χ4n) is 3.33. The smallest absolute Gasteiger partial charge is 0.261 e. The van der Waals surface area contributed by atoms with Crippen molar-refractivity contribution in [3.05, 3.63) is 41.5 Å². The molecule has 1 aliphatic carbocycles. The Morgan fingerprint density at radius 2 is 2.08 bits per heavy atom. The molecule has 138 valence electrons. The number of nitrogens with one attached hydrogen (secondary N) is 1. The summed E-state index contributed by atoms with van der Waals surface area (Å²) in [6.07, 6.45) is 3.01. The maximum absolute atomic E-state index is 12.8. The molecule has 2 atom stereocenters. The quantitative estimate of drug-likeness (QED) is 0.859. The molecule has 1 saturated carbocycles. The van der Waals surface area contributed by atoms with E-state index in [1.807, 2.05) is 31.2 Å². The van der Waals surface area contributed by atoms with Crippen LogP contribution in [-0.4, -0.2) is 52.4 Å². The van der Waals surface area contributed by atoms with E-state index >= 15 is 0 Å². The second-order valence-electron chi connectivity index (χ2n) is 7.11. The van der Waals surface area contributed by atoms with Crippen LogP contribution < -0.4 is 4.74 Å². The molecule has 1 aliphatic heterocycles. The lowest BCUT2D eigenvalue weighted by Gasteiger charge is -2.22. The molecule has 1 aromatic carbocycles. The maximum Gasteiger partial charge on any atom is 0.261 e. The fraction of sp³-hybridized carbons (Fsp3) is 0.526. The molecule has 0 spiro atoms. The summed E-state index contributed by atoms with van der Waals surface area (Å²) in [6.45, 7) is 2.55. The lowest BCUT2D eigenvalue weighted by Crippen LogP contribution is -2.36. The van der Waals surface area contributed by atoms with Gasteiger partial charge in [0, 0.05) is 26.0 Å². The number of hydrogen-bond donors (Lipinski definition) is 1. The van der Waals surface area contributed by atoms with Crippen LogP contribution in [0.1, 0.15) is 48.4 Å². The summed E-state index contributed by atoms with van der Waals surface area (Å²) >= 11 is 0. The van der Waals surface area contributed by atoms with Gasteiger partial charge in [-0.05, 0) is 31.9 Å². The van der Waals surface area contributed by atoms with Crippen molar-refractivity contribution >= 4 is 5.91 Å². The first-order chi connectivity index (χ1) is 12.6. The number of aryl methyl sites for hydroxylation is 1. The van der Waals surface area contributed by atoms with Gasteiger partial charge in [-0.3, -0.25) is 9.89 Å². The minimum absolute atomic E-state index is 0.000382. The number of nitrogens with zero attached hydrogens (tertiary/aromatic N) is 3. The molecule has 2 fully saturated rings. The highest BCUT2D eigenvalue weighted by Crippen LogP contribution is 2.39. The zero-order chi connectivity index (χ0) is 18.1. The Hall–Kier alpha value is -2.41. The number of rotatable bonds is 6. The third-order valence-corrected chi connectivity index (χ3v) is 5.08. The summed E-state index contributed by atoms with van der Waals surface area (Å²) in [4.78, 5) is 19.2. The molecule has 1 saturated heterocycles. The number of carbonyl (C=O) groups excluding carboxylic acids is 1. The van der Waals surface area contributed by atoms with Crippen molar-refractivity contribution in [3.63, 3.8) is 0 Å². The Morgan fingerprint density at radius 3 is 2.77 bits per heavy atom. The van der Waals surface area contributed by atoms with Crippen LogP contribution in [0.3, 0.4) is 0 Å². The molecule has 0 bridgehead atoms. The van der Waals surface area contributed by atoms with E-state index in [1.165, 1.54) is 0 Å². The number of benzene rings is 1. The SMILES string of the molecule is CO[C@@H]1C[C@@H](c2nc(C3CC3)n[nH]2)N(C(=O)COc2ccc(C)cc2)C1. The van der Waals surface area contributed by atoms with Gasteiger partial charge in [0.15, 0.2) is 12.4 Å². The number of likely N-dealkylation sites (tertiary alicyclic amines) is 1. The molecular formula is C19H24N4O3. The highest BCUT2D eigenvalue weighted by molar-refractivity contribution is 5.78. The molecule has 2 heterocycles. The van der Waals surface area contributed by atoms with Gasteiger partial charge in [0.2, 0.25) is 0 Å². The summed E-state index contributed by atoms with van der Waals surface area (Å²) < 4.78 is 11.2. The zero-order valence-corrected chi connectivity index (χ0v) is 15.1. The molecule has 7 heteroatoms. The van der Waals surface area contributed by atoms with Crippen LogP contribution in [0, 0.1) is 6.92 Å². The molecule has 0 radical (unpaired) electrons. The lowest BCUT2D eigenvalue weighted by molar-refractivity contribution is -0.134. The molecule has 1 amide bonds. The first-order valence-electron chi connectivity index (χ1n) is 9.08. The first-order valence-corrected chi connectivity index (χ1v) is 9.08. The van der Waals surface area contributed by atoms with Crippen molar-refractivity contribution in [2.24, 2.45) is 0 Å². The van der Waals surface area contributed by atoms with Crippen molar-refractivity contribution in [3.8, 4) is 5.75 Å². The van der Waals surface area contributed by atoms with Crippen LogP contribution in [0.25, 0.3) is 0 Å². The van der Waals surface area contributed by atoms with Crippen molar-refractivity contribution in [2.75, 3.05) is 20.3 Å². The van der Waals surface area contributed by atoms with Gasteiger partial charge in [-0.15, -0.1) is 0 Å². The van der Waals surface area contributed by atoms with Gasteiger partial charge in [0.05, 0.1) is 12.1 Å². The summed E-state index contributed by atoms with van der Waals surface area (Å²) in [5, 5.41) is 7.35. The van der Waals surface area contributed by atoms with E-state index in [4.69, 9.17) is 9.47 Å². The van der Waals surface area contributed by atoms with Crippen LogP contribution in [0.5, 0.6) is 5.75 Å². The summed E-state index contributed by atoms with van der Waals surface area (Å²) in [6, 6.07) is 7.54. The molecule has 2 aromatic rings. The van der Waals surface area contributed by atoms with Crippen molar-refractivity contribution in [1.82, 2.24) is 20.1 Å². The highest BCUT2D eigenvalue weighted by Gasteiger charge is 2.39. The Morgan fingerprint density at radius 1 is 1.31 bits per heavy atom. The standard InChI is InChI=1S/C19H24N4O3/c1-12-3-7-14(8-4-12)26-11-17(24)23-10-15(25-2)9-16(23)19-20-18(21-22-19)13-5-6-13/h3-4,7-8,13,15-16H,5-6,9-11H2,1-2H3,(H,20,21,22)/t15-,16+/m1/s1. The Labute approximate surface area is 152 Å². The number of H-pyrrole nitrogens is 1. The second-order valence-corrected chi connectivity index (χ2v) is 7.11. The minimum Gasteiger partial charge on any atom is -0.484 e. The van der Waals surface area contributed by atoms with Gasteiger partial charge < -0.3 is 14.4 Å². The van der Waals surface area contributed by atoms with Crippen molar-refractivity contribution in [1.29, 1.82) is 0 Å². The summed E-state index contributed by atoms with van der Waals surface area (Å²) in [5.74, 6) is 2.71. The number of methoxy groups -OCH3 is 1. The van der Waals surface area contributed by atoms with Crippen LogP contribution in [-0.2, 0) is 9.53 Å². The minimum atomic E-state index is -0.144. The number of carbonyl (C=O) groups is 1. The molecule has 4 rings (SSSR count). The van der Waals surface area contributed by atoms with Gasteiger partial charge in [-0.2, -0.15) is 5.10 Å². The molecule has 1 aromatic heterocycles. The van der Waals surface area contributed by atoms with Crippen LogP contribution >= 0.6 is 0 Å². The van der Waals surface area contributed by atoms with Gasteiger partial charge in [0.25, 0.3) is 5.91 Å². The largest absolute Gasteiger partial charge is 0.484 e. The third kappa shape index (κ3) is 3.58. The zero-order valence-electron chi connectivity index (χ0n) is 15.1. The molecule has 1 N–H and O–H groups in total. The summed E-state index contributed by atoms with van der Waals surface area (Å²) in [5.41, 5.74) is 1.16. The van der Waals surface area contributed by atoms with Gasteiger partial charge in [0.1, 0.15) is 11.6 Å². The highest BCUT2D eigenvalue weighted by atomic mass is 16.5. The lowest BCUT2D eigenvalue weighted by atomic mass is 10.2. The van der Waals surface area contributed by atoms with E-state index in [-0.39, 0.29) is 24.7 Å². The average molecular weight is 356 g/mol. The van der Waals surface area contributed by atoms with Crippen LogP contribution in [0.15, 0.2) is 24.3 Å². The van der Waals surface area contributed by atoms with E-state index in [0.29, 0.717) is 24.6 Å². The van der Waals surface area contributed by atoms with Gasteiger partial charge in [-0.25, -0.2) is 4.98 Å². The third-order valence-electron chi connectivity index (χ3n) is 5.08. The average Bonchev–Trinajstić information content (AvgIpc) is 3.22. The molecule has 0 unspecified atom stereocenters. The number of aromatic nitrogens is 3. The molecule has 2 aliphatic rings. The number of ether oxygens (including phenoxy) is 2. The Balaban J connectivity index is 1.44. The van der Waals surface area contributed by atoms with Crippen LogP contribution in [0.2, 0.25) is 0 Å². The van der Waals surface area contributed by atoms with E-state index in [2.05, 4.69) is 15.2 Å². The normalized spacial score (nSPS) is 22.6. The van der Waals surface area contributed by atoms with Gasteiger partial charge in [-0.1, -0.05) is 17.7 Å². The number of amides is 1. The number of aromatic amines is 1. The number of hydrogen-bond acceptors (Lipinski definition) is 5. The Bertz CT molecular complexity index is 769. The topological polar surface area (TPSA) is 80.3 Å². The van der Waals surface area contributed by atoms with Gasteiger partial charge >= 0.3 is 0 Å². The van der Waals surface area contributed by atoms with E-state index in [0.717, 1.165) is 30.1 Å². The molecule has 7 nitrogen and oxygen atoms in total. The monoisotopic (exact) mass is 356 g/mol. The van der Waals surface area contributed by atoms with E-state index in [1.54, 1.807) is 12.0 Å². The maximum atomic E-state index is 12.8. The predicted molar refractivity (Wildman–Crippen MR) is 94.9 cm³/mol. The summed E-state index contributed by atoms with van der Waals surface area (Å²) in [7, 11) is 1.68. The first kappa shape index (κ1) is 17.0. The molecule has 26 heavy (non-hydrogen) atoms. The van der Waals surface area contributed by atoms with E-state index < -0.39 is 0 Å². The van der Waals surface area contributed by atoms with E-state index in [9.17, 15) is 4.79 Å². The van der Waals surface area contributed by atoms with Crippen LogP contribution in [0.4, 0.5) is 0 Å². The second kappa shape index (κ2) is 7.07. The Kier molecular flexibility index (Phi) is 4.63. The van der Waals surface area contributed by atoms with Crippen molar-refractivity contribution < 1.29 is 14.3 Å².